The van der Waals surface area contributed by atoms with Gasteiger partial charge < -0.3 is 4.74 Å². The smallest absolute Gasteiger partial charge is 0.405 e. The van der Waals surface area contributed by atoms with Gasteiger partial charge in [0.25, 0.3) is 0 Å². The van der Waals surface area contributed by atoms with Crippen molar-refractivity contribution in [3.8, 4) is 16.9 Å². The summed E-state index contributed by atoms with van der Waals surface area (Å²) < 4.78 is 79.9. The van der Waals surface area contributed by atoms with Gasteiger partial charge in [0.05, 0.1) is 5.02 Å². The number of benzene rings is 1. The quantitative estimate of drug-likeness (QED) is 0.690. The van der Waals surface area contributed by atoms with Crippen LogP contribution in [-0.4, -0.2) is 11.3 Å². The first-order valence-electron chi connectivity index (χ1n) is 5.66. The van der Waals surface area contributed by atoms with Crippen molar-refractivity contribution in [3.63, 3.8) is 0 Å². The van der Waals surface area contributed by atoms with E-state index in [4.69, 9.17) is 11.6 Å². The fourth-order valence-electron chi connectivity index (χ4n) is 1.80. The third-order valence-corrected chi connectivity index (χ3v) is 2.87. The average Bonchev–Trinajstić information content (AvgIpc) is 2.36. The first-order chi connectivity index (χ1) is 10.1. The Balaban J connectivity index is 2.68. The Morgan fingerprint density at radius 1 is 0.955 bits per heavy atom. The average molecular weight is 342 g/mol. The fourth-order valence-corrected chi connectivity index (χ4v) is 2.04. The van der Waals surface area contributed by atoms with Crippen LogP contribution in [0.5, 0.6) is 5.75 Å². The topological polar surface area (TPSA) is 22.1 Å². The van der Waals surface area contributed by atoms with Gasteiger partial charge in [-0.15, -0.1) is 13.2 Å². The zero-order chi connectivity index (χ0) is 16.5. The number of rotatable bonds is 2. The van der Waals surface area contributed by atoms with Gasteiger partial charge in [-0.2, -0.15) is 13.2 Å². The minimum absolute atomic E-state index is 0.388. The van der Waals surface area contributed by atoms with E-state index in [1.165, 1.54) is 12.1 Å². The molecule has 0 amide bonds. The number of hydrogen-bond acceptors (Lipinski definition) is 2. The van der Waals surface area contributed by atoms with Crippen molar-refractivity contribution < 1.29 is 31.1 Å². The van der Waals surface area contributed by atoms with Crippen LogP contribution in [0.1, 0.15) is 5.69 Å². The Bertz CT molecular complexity index is 683. The molecule has 0 aliphatic rings. The van der Waals surface area contributed by atoms with Crippen molar-refractivity contribution in [3.05, 3.63) is 47.2 Å². The number of aromatic nitrogens is 1. The highest BCUT2D eigenvalue weighted by Gasteiger charge is 2.38. The maximum Gasteiger partial charge on any atom is 0.573 e. The molecule has 0 atom stereocenters. The third kappa shape index (κ3) is 3.62. The molecule has 1 aromatic heterocycles. The summed E-state index contributed by atoms with van der Waals surface area (Å²) >= 11 is 5.74. The first-order valence-corrected chi connectivity index (χ1v) is 6.04. The Morgan fingerprint density at radius 3 is 2.18 bits per heavy atom. The molecule has 0 radical (unpaired) electrons. The lowest BCUT2D eigenvalue weighted by molar-refractivity contribution is -0.274. The lowest BCUT2D eigenvalue weighted by Gasteiger charge is -2.17. The Morgan fingerprint density at radius 2 is 1.59 bits per heavy atom. The molecule has 22 heavy (non-hydrogen) atoms. The number of alkyl halides is 6. The zero-order valence-electron chi connectivity index (χ0n) is 10.5. The summed E-state index contributed by atoms with van der Waals surface area (Å²) in [6, 6.07) is 5.45. The van der Waals surface area contributed by atoms with E-state index in [0.717, 1.165) is 24.4 Å². The number of pyridine rings is 1. The van der Waals surface area contributed by atoms with E-state index in [-0.39, 0.29) is 5.02 Å². The Kier molecular flexibility index (Phi) is 4.23. The first kappa shape index (κ1) is 16.4. The van der Waals surface area contributed by atoms with Crippen molar-refractivity contribution >= 4 is 11.6 Å². The number of nitrogens with zero attached hydrogens (tertiary/aromatic N) is 1. The number of para-hydroxylation sites is 1. The van der Waals surface area contributed by atoms with E-state index in [1.54, 1.807) is 0 Å². The second-order valence-electron chi connectivity index (χ2n) is 4.06. The normalized spacial score (nSPS) is 12.3. The molecule has 0 spiro atoms. The Hall–Kier alpha value is -1.96. The van der Waals surface area contributed by atoms with Gasteiger partial charge in [0.2, 0.25) is 0 Å². The van der Waals surface area contributed by atoms with E-state index < -0.39 is 35.1 Å². The van der Waals surface area contributed by atoms with Crippen LogP contribution < -0.4 is 4.74 Å². The molecule has 0 unspecified atom stereocenters. The lowest BCUT2D eigenvalue weighted by atomic mass is 10.0. The molecular weight excluding hydrogens is 336 g/mol. The summed E-state index contributed by atoms with van der Waals surface area (Å²) in [5.74, 6) is -0.796. The van der Waals surface area contributed by atoms with Crippen LogP contribution in [0.15, 0.2) is 36.5 Å². The van der Waals surface area contributed by atoms with E-state index in [1.807, 2.05) is 0 Å². The van der Waals surface area contributed by atoms with Crippen LogP contribution in [0.3, 0.4) is 0 Å². The SMILES string of the molecule is FC(F)(F)Oc1ccccc1-c1c(Cl)ccnc1C(F)(F)F. The minimum atomic E-state index is -5.05. The summed E-state index contributed by atoms with van der Waals surface area (Å²) in [5, 5.41) is -0.388. The standard InChI is InChI=1S/C13H6ClF6NO/c14-8-5-6-21-11(12(15,16)17)10(8)7-3-1-2-4-9(7)22-13(18,19)20/h1-6H. The summed E-state index contributed by atoms with van der Waals surface area (Å²) in [5.41, 5.74) is -2.51. The van der Waals surface area contributed by atoms with Crippen molar-refractivity contribution in [1.82, 2.24) is 4.98 Å². The predicted molar refractivity (Wildman–Crippen MR) is 66.4 cm³/mol. The largest absolute Gasteiger partial charge is 0.573 e. The van der Waals surface area contributed by atoms with E-state index in [0.29, 0.717) is 0 Å². The van der Waals surface area contributed by atoms with Crippen LogP contribution in [0.4, 0.5) is 26.3 Å². The van der Waals surface area contributed by atoms with Crippen molar-refractivity contribution in [1.29, 1.82) is 0 Å². The molecular formula is C13H6ClF6NO. The highest BCUT2D eigenvalue weighted by Crippen LogP contribution is 2.43. The third-order valence-electron chi connectivity index (χ3n) is 2.55. The zero-order valence-corrected chi connectivity index (χ0v) is 11.2. The molecule has 0 saturated carbocycles. The summed E-state index contributed by atoms with van der Waals surface area (Å²) in [6.07, 6.45) is -9.11. The molecule has 2 rings (SSSR count). The van der Waals surface area contributed by atoms with Crippen molar-refractivity contribution in [2.24, 2.45) is 0 Å². The van der Waals surface area contributed by atoms with Crippen LogP contribution in [-0.2, 0) is 6.18 Å². The molecule has 1 aromatic carbocycles. The molecule has 0 aliphatic carbocycles. The van der Waals surface area contributed by atoms with Gasteiger partial charge in [-0.3, -0.25) is 4.98 Å². The Labute approximate surface area is 125 Å². The van der Waals surface area contributed by atoms with Gasteiger partial charge in [-0.05, 0) is 12.1 Å². The molecule has 0 bridgehead atoms. The van der Waals surface area contributed by atoms with Crippen LogP contribution >= 0.6 is 11.6 Å². The van der Waals surface area contributed by atoms with Crippen molar-refractivity contribution in [2.45, 2.75) is 12.5 Å². The molecule has 2 nitrogen and oxygen atoms in total. The number of ether oxygens (including phenoxy) is 1. The van der Waals surface area contributed by atoms with E-state index in [2.05, 4.69) is 9.72 Å². The molecule has 0 aliphatic heterocycles. The van der Waals surface area contributed by atoms with Gasteiger partial charge >= 0.3 is 12.5 Å². The van der Waals surface area contributed by atoms with Gasteiger partial charge in [-0.25, -0.2) is 0 Å². The lowest BCUT2D eigenvalue weighted by Crippen LogP contribution is -2.18. The van der Waals surface area contributed by atoms with Crippen LogP contribution in [0.2, 0.25) is 5.02 Å². The van der Waals surface area contributed by atoms with Gasteiger partial charge in [0.1, 0.15) is 5.75 Å². The highest BCUT2D eigenvalue weighted by molar-refractivity contribution is 6.33. The number of halogens is 7. The monoisotopic (exact) mass is 341 g/mol. The molecule has 0 saturated heterocycles. The maximum atomic E-state index is 13.0. The molecule has 1 heterocycles. The predicted octanol–water partition coefficient (Wildman–Crippen LogP) is 5.32. The fraction of sp³-hybridized carbons (Fsp3) is 0.154. The van der Waals surface area contributed by atoms with Crippen LogP contribution in [0, 0.1) is 0 Å². The second-order valence-corrected chi connectivity index (χ2v) is 4.47. The highest BCUT2D eigenvalue weighted by atomic mass is 35.5. The second kappa shape index (κ2) is 5.68. The summed E-state index contributed by atoms with van der Waals surface area (Å²) in [7, 11) is 0. The van der Waals surface area contributed by atoms with Crippen LogP contribution in [0.25, 0.3) is 11.1 Å². The summed E-state index contributed by atoms with van der Waals surface area (Å²) in [6.45, 7) is 0. The molecule has 0 fully saturated rings. The van der Waals surface area contributed by atoms with Crippen molar-refractivity contribution in [2.75, 3.05) is 0 Å². The molecule has 2 aromatic rings. The van der Waals surface area contributed by atoms with E-state index in [9.17, 15) is 26.3 Å². The molecule has 118 valence electrons. The van der Waals surface area contributed by atoms with E-state index >= 15 is 0 Å². The minimum Gasteiger partial charge on any atom is -0.405 e. The van der Waals surface area contributed by atoms with Gasteiger partial charge in [-0.1, -0.05) is 29.8 Å². The molecule has 0 N–H and O–H groups in total. The maximum absolute atomic E-state index is 13.0. The number of hydrogen-bond donors (Lipinski definition) is 0. The summed E-state index contributed by atoms with van der Waals surface area (Å²) in [4.78, 5) is 3.18. The van der Waals surface area contributed by atoms with Gasteiger partial charge in [0, 0.05) is 17.3 Å². The van der Waals surface area contributed by atoms with Gasteiger partial charge in [0.15, 0.2) is 5.69 Å². The molecule has 9 heteroatoms.